The first-order chi connectivity index (χ1) is 16.7. The minimum atomic E-state index is -1.05. The van der Waals surface area contributed by atoms with Crippen molar-refractivity contribution in [1.82, 2.24) is 4.98 Å². The Labute approximate surface area is 212 Å². The molecule has 2 N–H and O–H groups in total. The van der Waals surface area contributed by atoms with Crippen LogP contribution in [0.3, 0.4) is 0 Å². The molecule has 3 aromatic heterocycles. The van der Waals surface area contributed by atoms with Crippen molar-refractivity contribution in [3.8, 4) is 9.75 Å². The topological polar surface area (TPSA) is 99.6 Å². The minimum absolute atomic E-state index is 0.00763. The second-order valence-electron chi connectivity index (χ2n) is 9.22. The maximum atomic E-state index is 13.5. The molecule has 0 saturated heterocycles. The smallest absolute Gasteiger partial charge is 0.348 e. The summed E-state index contributed by atoms with van der Waals surface area (Å²) in [6, 6.07) is 10.4. The van der Waals surface area contributed by atoms with Crippen molar-refractivity contribution in [2.45, 2.75) is 52.5 Å². The first-order valence-electron chi connectivity index (χ1n) is 11.8. The quantitative estimate of drug-likeness (QED) is 0.383. The molecule has 184 valence electrons. The van der Waals surface area contributed by atoms with Crippen LogP contribution in [0.4, 0.5) is 10.7 Å². The number of aromatic nitrogens is 1. The number of thiophene rings is 2. The Morgan fingerprint density at radius 3 is 2.43 bits per heavy atom. The van der Waals surface area contributed by atoms with Crippen LogP contribution < -0.4 is 10.2 Å². The molecular formula is C26H29N3O4S2. The first-order valence-corrected chi connectivity index (χ1v) is 13.4. The molecule has 0 unspecified atom stereocenters. The van der Waals surface area contributed by atoms with Gasteiger partial charge in [-0.15, -0.1) is 22.7 Å². The molecular weight excluding hydrogens is 482 g/mol. The number of carbonyl (C=O) groups excluding carboxylic acids is 2. The number of pyridine rings is 1. The van der Waals surface area contributed by atoms with Gasteiger partial charge in [0.15, 0.2) is 0 Å². The monoisotopic (exact) mass is 511 g/mol. The fourth-order valence-corrected chi connectivity index (χ4v) is 6.37. The highest BCUT2D eigenvalue weighted by Crippen LogP contribution is 2.42. The summed E-state index contributed by atoms with van der Waals surface area (Å²) in [4.78, 5) is 45.5. The molecule has 0 aromatic carbocycles. The van der Waals surface area contributed by atoms with Crippen molar-refractivity contribution in [3.63, 3.8) is 0 Å². The zero-order valence-electron chi connectivity index (χ0n) is 20.0. The van der Waals surface area contributed by atoms with Gasteiger partial charge < -0.3 is 15.3 Å². The predicted octanol–water partition coefficient (Wildman–Crippen LogP) is 6.39. The average Bonchev–Trinajstić information content (AvgIpc) is 3.47. The highest BCUT2D eigenvalue weighted by molar-refractivity contribution is 7.25. The summed E-state index contributed by atoms with van der Waals surface area (Å²) < 4.78 is 0. The maximum absolute atomic E-state index is 13.5. The van der Waals surface area contributed by atoms with Gasteiger partial charge in [-0.2, -0.15) is 0 Å². The molecule has 0 atom stereocenters. The number of rotatable bonds is 7. The normalized spacial score (nSPS) is 17.8. The second kappa shape index (κ2) is 10.7. The molecule has 3 aromatic rings. The molecule has 0 spiro atoms. The Morgan fingerprint density at radius 2 is 1.80 bits per heavy atom. The molecule has 0 aliphatic heterocycles. The van der Waals surface area contributed by atoms with Gasteiger partial charge in [0.2, 0.25) is 5.91 Å². The summed E-state index contributed by atoms with van der Waals surface area (Å²) in [5.41, 5.74) is 0.765. The lowest BCUT2D eigenvalue weighted by molar-refractivity contribution is -0.123. The van der Waals surface area contributed by atoms with E-state index in [4.69, 9.17) is 0 Å². The van der Waals surface area contributed by atoms with Crippen LogP contribution in [-0.2, 0) is 4.79 Å². The number of carboxylic acid groups (broad SMARTS) is 1. The summed E-state index contributed by atoms with van der Waals surface area (Å²) in [5.74, 6) is -0.801. The lowest BCUT2D eigenvalue weighted by atomic mass is 9.82. The molecule has 0 radical (unpaired) electrons. The molecule has 9 heteroatoms. The third kappa shape index (κ3) is 5.62. The Morgan fingerprint density at radius 1 is 1.06 bits per heavy atom. The third-order valence-electron chi connectivity index (χ3n) is 6.27. The first kappa shape index (κ1) is 25.1. The average molecular weight is 512 g/mol. The van der Waals surface area contributed by atoms with Crippen molar-refractivity contribution in [2.75, 3.05) is 10.2 Å². The van der Waals surface area contributed by atoms with Gasteiger partial charge in [-0.25, -0.2) is 4.79 Å². The molecule has 2 amide bonds. The standard InChI is InChI=1S/C26H29N3O4S2/c1-15(2)29(25(31)17-9-7-16(3)8-10-17)19-14-21(35-23(19)26(32)33)20-11-12-22(34-20)28-24(30)18-6-4-5-13-27-18/h4-6,11-17H,7-10H2,1-3H3,(H,28,30)(H,32,33). The number of amides is 2. The largest absolute Gasteiger partial charge is 0.477 e. The van der Waals surface area contributed by atoms with E-state index in [0.717, 1.165) is 46.8 Å². The van der Waals surface area contributed by atoms with E-state index in [1.54, 1.807) is 41.4 Å². The minimum Gasteiger partial charge on any atom is -0.477 e. The van der Waals surface area contributed by atoms with E-state index >= 15 is 0 Å². The van der Waals surface area contributed by atoms with E-state index in [0.29, 0.717) is 22.3 Å². The summed E-state index contributed by atoms with van der Waals surface area (Å²) in [7, 11) is 0. The van der Waals surface area contributed by atoms with E-state index in [-0.39, 0.29) is 28.7 Å². The van der Waals surface area contributed by atoms with Crippen LogP contribution in [-0.4, -0.2) is 33.9 Å². The summed E-state index contributed by atoms with van der Waals surface area (Å²) in [6.45, 7) is 6.05. The van der Waals surface area contributed by atoms with Crippen LogP contribution in [0.25, 0.3) is 9.75 Å². The highest BCUT2D eigenvalue weighted by Gasteiger charge is 2.33. The van der Waals surface area contributed by atoms with Crippen molar-refractivity contribution < 1.29 is 19.5 Å². The van der Waals surface area contributed by atoms with Crippen LogP contribution >= 0.6 is 22.7 Å². The van der Waals surface area contributed by atoms with Gasteiger partial charge in [-0.05, 0) is 75.8 Å². The fourth-order valence-electron chi connectivity index (χ4n) is 4.40. The van der Waals surface area contributed by atoms with Gasteiger partial charge in [0.05, 0.1) is 10.7 Å². The Hall–Kier alpha value is -3.04. The molecule has 0 bridgehead atoms. The van der Waals surface area contributed by atoms with Crippen LogP contribution in [0.15, 0.2) is 42.6 Å². The second-order valence-corrected chi connectivity index (χ2v) is 11.4. The Balaban J connectivity index is 1.60. The molecule has 1 aliphatic carbocycles. The third-order valence-corrected chi connectivity index (χ3v) is 8.58. The fraction of sp³-hybridized carbons (Fsp3) is 0.385. The zero-order valence-corrected chi connectivity index (χ0v) is 21.6. The van der Waals surface area contributed by atoms with E-state index in [1.165, 1.54) is 11.3 Å². The van der Waals surface area contributed by atoms with Crippen LogP contribution in [0.5, 0.6) is 0 Å². The van der Waals surface area contributed by atoms with Gasteiger partial charge in [-0.1, -0.05) is 13.0 Å². The zero-order chi connectivity index (χ0) is 25.1. The highest BCUT2D eigenvalue weighted by atomic mass is 32.1. The number of anilines is 2. The molecule has 3 heterocycles. The lowest BCUT2D eigenvalue weighted by Gasteiger charge is -2.33. The van der Waals surface area contributed by atoms with Crippen LogP contribution in [0, 0.1) is 11.8 Å². The maximum Gasteiger partial charge on any atom is 0.348 e. The summed E-state index contributed by atoms with van der Waals surface area (Å²) in [5, 5.41) is 13.4. The Bertz CT molecular complexity index is 1210. The van der Waals surface area contributed by atoms with Gasteiger partial charge in [0.25, 0.3) is 5.91 Å². The van der Waals surface area contributed by atoms with Crippen molar-refractivity contribution >= 4 is 51.1 Å². The molecule has 1 aliphatic rings. The number of carboxylic acids is 1. The number of nitrogens with one attached hydrogen (secondary N) is 1. The summed E-state index contributed by atoms with van der Waals surface area (Å²) in [6.07, 6.45) is 5.28. The number of nitrogens with zero attached hydrogens (tertiary/aromatic N) is 2. The van der Waals surface area contributed by atoms with E-state index in [1.807, 2.05) is 19.9 Å². The van der Waals surface area contributed by atoms with E-state index in [2.05, 4.69) is 17.2 Å². The van der Waals surface area contributed by atoms with Crippen molar-refractivity contribution in [3.05, 3.63) is 53.2 Å². The lowest BCUT2D eigenvalue weighted by Crippen LogP contribution is -2.42. The van der Waals surface area contributed by atoms with Gasteiger partial charge in [0, 0.05) is 27.9 Å². The van der Waals surface area contributed by atoms with Gasteiger partial charge in [0.1, 0.15) is 10.6 Å². The van der Waals surface area contributed by atoms with Crippen LogP contribution in [0.2, 0.25) is 0 Å². The van der Waals surface area contributed by atoms with Gasteiger partial charge >= 0.3 is 5.97 Å². The van der Waals surface area contributed by atoms with Crippen molar-refractivity contribution in [2.24, 2.45) is 11.8 Å². The molecule has 1 fully saturated rings. The number of carbonyl (C=O) groups is 3. The number of aromatic carboxylic acids is 1. The number of hydrogen-bond donors (Lipinski definition) is 2. The van der Waals surface area contributed by atoms with E-state index in [9.17, 15) is 19.5 Å². The number of hydrogen-bond acceptors (Lipinski definition) is 6. The molecule has 1 saturated carbocycles. The molecule has 35 heavy (non-hydrogen) atoms. The Kier molecular flexibility index (Phi) is 7.66. The van der Waals surface area contributed by atoms with Gasteiger partial charge in [-0.3, -0.25) is 14.6 Å². The molecule has 7 nitrogen and oxygen atoms in total. The predicted molar refractivity (Wildman–Crippen MR) is 141 cm³/mol. The summed E-state index contributed by atoms with van der Waals surface area (Å²) >= 11 is 2.51. The molecule has 4 rings (SSSR count). The van der Waals surface area contributed by atoms with Crippen molar-refractivity contribution in [1.29, 1.82) is 0 Å². The van der Waals surface area contributed by atoms with Crippen LogP contribution in [0.1, 0.15) is 66.6 Å². The van der Waals surface area contributed by atoms with E-state index < -0.39 is 5.97 Å². The SMILES string of the molecule is CC1CCC(C(=O)N(c2cc(-c3ccc(NC(=O)c4ccccn4)s3)sc2C(=O)O)C(C)C)CC1.